The Morgan fingerprint density at radius 3 is 2.77 bits per heavy atom. The molecule has 70 valence electrons. The van der Waals surface area contributed by atoms with Gasteiger partial charge in [-0.05, 0) is 24.7 Å². The first kappa shape index (κ1) is 7.50. The second-order valence-corrected chi connectivity index (χ2v) is 4.25. The average molecular weight is 179 g/mol. The highest BCUT2D eigenvalue weighted by atomic mass is 16.3. The Kier molecular flexibility index (Phi) is 1.22. The maximum absolute atomic E-state index is 10.3. The van der Waals surface area contributed by atoms with Crippen LogP contribution < -0.4 is 0 Å². The molecule has 4 heteroatoms. The fourth-order valence-corrected chi connectivity index (χ4v) is 2.83. The first-order chi connectivity index (χ1) is 6.23. The topological polar surface area (TPSA) is 50.9 Å². The second-order valence-electron chi connectivity index (χ2n) is 4.25. The van der Waals surface area contributed by atoms with Crippen molar-refractivity contribution >= 4 is 0 Å². The highest BCUT2D eigenvalue weighted by molar-refractivity contribution is 5.25. The van der Waals surface area contributed by atoms with E-state index in [0.29, 0.717) is 11.8 Å². The van der Waals surface area contributed by atoms with Gasteiger partial charge in [0, 0.05) is 7.05 Å². The van der Waals surface area contributed by atoms with Crippen molar-refractivity contribution in [1.29, 1.82) is 0 Å². The summed E-state index contributed by atoms with van der Waals surface area (Å²) in [6, 6.07) is 0. The SMILES string of the molecule is Cn1cc(C2(O)C3CCCC32)nn1. The molecule has 0 aliphatic heterocycles. The van der Waals surface area contributed by atoms with Crippen LogP contribution >= 0.6 is 0 Å². The van der Waals surface area contributed by atoms with Gasteiger partial charge in [0.25, 0.3) is 0 Å². The summed E-state index contributed by atoms with van der Waals surface area (Å²) in [6.45, 7) is 0. The number of fused-ring (bicyclic) bond motifs is 1. The van der Waals surface area contributed by atoms with Crippen molar-refractivity contribution in [3.63, 3.8) is 0 Å². The summed E-state index contributed by atoms with van der Waals surface area (Å²) in [5, 5.41) is 18.1. The molecule has 0 spiro atoms. The molecule has 1 N–H and O–H groups in total. The molecule has 0 saturated heterocycles. The van der Waals surface area contributed by atoms with Gasteiger partial charge in [0.2, 0.25) is 0 Å². The van der Waals surface area contributed by atoms with Crippen LogP contribution in [0, 0.1) is 11.8 Å². The number of aromatic nitrogens is 3. The molecule has 2 fully saturated rings. The van der Waals surface area contributed by atoms with E-state index in [2.05, 4.69) is 10.3 Å². The van der Waals surface area contributed by atoms with Gasteiger partial charge >= 0.3 is 0 Å². The molecule has 0 aromatic carbocycles. The summed E-state index contributed by atoms with van der Waals surface area (Å²) in [4.78, 5) is 0. The molecule has 0 radical (unpaired) electrons. The van der Waals surface area contributed by atoms with Crippen molar-refractivity contribution in [2.75, 3.05) is 0 Å². The number of nitrogens with zero attached hydrogens (tertiary/aromatic N) is 3. The van der Waals surface area contributed by atoms with E-state index in [4.69, 9.17) is 0 Å². The van der Waals surface area contributed by atoms with Crippen molar-refractivity contribution < 1.29 is 5.11 Å². The van der Waals surface area contributed by atoms with Crippen LogP contribution in [0.2, 0.25) is 0 Å². The monoisotopic (exact) mass is 179 g/mol. The lowest BCUT2D eigenvalue weighted by atomic mass is 10.1. The number of hydrogen-bond donors (Lipinski definition) is 1. The molecular formula is C9H13N3O. The van der Waals surface area contributed by atoms with Crippen LogP contribution in [-0.2, 0) is 12.6 Å². The van der Waals surface area contributed by atoms with Gasteiger partial charge < -0.3 is 5.11 Å². The minimum absolute atomic E-state index is 0.462. The van der Waals surface area contributed by atoms with Gasteiger partial charge in [-0.2, -0.15) is 0 Å². The maximum Gasteiger partial charge on any atom is 0.116 e. The summed E-state index contributed by atoms with van der Waals surface area (Å²) in [5.41, 5.74) is 0.150. The van der Waals surface area contributed by atoms with Crippen LogP contribution in [0.1, 0.15) is 25.0 Å². The smallest absolute Gasteiger partial charge is 0.116 e. The molecular weight excluding hydrogens is 166 g/mol. The highest BCUT2D eigenvalue weighted by Gasteiger charge is 2.67. The van der Waals surface area contributed by atoms with E-state index in [1.807, 2.05) is 13.2 Å². The van der Waals surface area contributed by atoms with Crippen molar-refractivity contribution in [2.45, 2.75) is 24.9 Å². The van der Waals surface area contributed by atoms with Crippen molar-refractivity contribution in [3.05, 3.63) is 11.9 Å². The first-order valence-electron chi connectivity index (χ1n) is 4.82. The molecule has 1 aromatic heterocycles. The Morgan fingerprint density at radius 1 is 1.54 bits per heavy atom. The molecule has 2 unspecified atom stereocenters. The Labute approximate surface area is 76.6 Å². The molecule has 2 saturated carbocycles. The van der Waals surface area contributed by atoms with E-state index >= 15 is 0 Å². The molecule has 1 heterocycles. The first-order valence-corrected chi connectivity index (χ1v) is 4.82. The molecule has 2 atom stereocenters. The predicted molar refractivity (Wildman–Crippen MR) is 45.7 cm³/mol. The molecule has 13 heavy (non-hydrogen) atoms. The number of aliphatic hydroxyl groups is 1. The van der Waals surface area contributed by atoms with E-state index in [1.54, 1.807) is 4.68 Å². The highest BCUT2D eigenvalue weighted by Crippen LogP contribution is 2.65. The lowest BCUT2D eigenvalue weighted by Gasteiger charge is -2.09. The van der Waals surface area contributed by atoms with Gasteiger partial charge in [-0.25, -0.2) is 0 Å². The van der Waals surface area contributed by atoms with Gasteiger partial charge in [-0.15, -0.1) is 5.10 Å². The lowest BCUT2D eigenvalue weighted by Crippen LogP contribution is -2.13. The zero-order valence-electron chi connectivity index (χ0n) is 7.64. The van der Waals surface area contributed by atoms with Crippen molar-refractivity contribution in [3.8, 4) is 0 Å². The van der Waals surface area contributed by atoms with E-state index in [9.17, 15) is 5.11 Å². The van der Waals surface area contributed by atoms with Crippen molar-refractivity contribution in [2.24, 2.45) is 18.9 Å². The van der Waals surface area contributed by atoms with E-state index in [1.165, 1.54) is 6.42 Å². The fraction of sp³-hybridized carbons (Fsp3) is 0.778. The predicted octanol–water partition coefficient (Wildman–Crippen LogP) is 0.433. The Bertz CT molecular complexity index is 336. The molecule has 2 aliphatic rings. The second kappa shape index (κ2) is 2.12. The third kappa shape index (κ3) is 0.790. The molecule has 1 aromatic rings. The standard InChI is InChI=1S/C9H13N3O/c1-12-5-8(10-11-12)9(13)6-3-2-4-7(6)9/h5-7,13H,2-4H2,1H3. The van der Waals surface area contributed by atoms with Gasteiger partial charge in [0.1, 0.15) is 11.3 Å². The van der Waals surface area contributed by atoms with Crippen LogP contribution in [0.5, 0.6) is 0 Å². The van der Waals surface area contributed by atoms with Crippen LogP contribution in [-0.4, -0.2) is 20.1 Å². The quantitative estimate of drug-likeness (QED) is 0.680. The fourth-order valence-electron chi connectivity index (χ4n) is 2.83. The normalized spacial score (nSPS) is 42.0. The number of rotatable bonds is 1. The summed E-state index contributed by atoms with van der Waals surface area (Å²) in [7, 11) is 1.83. The maximum atomic E-state index is 10.3. The molecule has 3 rings (SSSR count). The summed E-state index contributed by atoms with van der Waals surface area (Å²) in [6.07, 6.45) is 5.39. The largest absolute Gasteiger partial charge is 0.383 e. The number of hydrogen-bond acceptors (Lipinski definition) is 3. The summed E-state index contributed by atoms with van der Waals surface area (Å²) in [5.74, 6) is 0.924. The van der Waals surface area contributed by atoms with E-state index < -0.39 is 5.60 Å². The zero-order valence-corrected chi connectivity index (χ0v) is 7.64. The zero-order chi connectivity index (χ0) is 9.05. The lowest BCUT2D eigenvalue weighted by molar-refractivity contribution is 0.101. The summed E-state index contributed by atoms with van der Waals surface area (Å²) >= 11 is 0. The molecule has 4 nitrogen and oxygen atoms in total. The summed E-state index contributed by atoms with van der Waals surface area (Å²) < 4.78 is 1.65. The Balaban J connectivity index is 1.95. The van der Waals surface area contributed by atoms with Crippen LogP contribution in [0.15, 0.2) is 6.20 Å². The van der Waals surface area contributed by atoms with Gasteiger partial charge in [0.15, 0.2) is 0 Å². The van der Waals surface area contributed by atoms with E-state index in [0.717, 1.165) is 18.5 Å². The minimum atomic E-state index is -0.619. The minimum Gasteiger partial charge on any atom is -0.383 e. The average Bonchev–Trinajstić information content (AvgIpc) is 2.61. The third-order valence-corrected chi connectivity index (χ3v) is 3.55. The van der Waals surface area contributed by atoms with E-state index in [-0.39, 0.29) is 0 Å². The number of aryl methyl sites for hydroxylation is 1. The van der Waals surface area contributed by atoms with Crippen LogP contribution in [0.25, 0.3) is 0 Å². The van der Waals surface area contributed by atoms with Crippen LogP contribution in [0.3, 0.4) is 0 Å². The van der Waals surface area contributed by atoms with Gasteiger partial charge in [0.05, 0.1) is 6.20 Å². The van der Waals surface area contributed by atoms with Gasteiger partial charge in [-0.1, -0.05) is 11.6 Å². The third-order valence-electron chi connectivity index (χ3n) is 3.55. The molecule has 2 aliphatic carbocycles. The van der Waals surface area contributed by atoms with Gasteiger partial charge in [-0.3, -0.25) is 4.68 Å². The molecule has 0 amide bonds. The Hall–Kier alpha value is -0.900. The van der Waals surface area contributed by atoms with Crippen LogP contribution in [0.4, 0.5) is 0 Å². The Morgan fingerprint density at radius 2 is 2.23 bits per heavy atom. The van der Waals surface area contributed by atoms with Crippen molar-refractivity contribution in [1.82, 2.24) is 15.0 Å². The molecule has 0 bridgehead atoms.